The lowest BCUT2D eigenvalue weighted by Crippen LogP contribution is -2.45. The van der Waals surface area contributed by atoms with Gasteiger partial charge in [0.15, 0.2) is 11.4 Å². The summed E-state index contributed by atoms with van der Waals surface area (Å²) in [7, 11) is 1.92. The average Bonchev–Trinajstić information content (AvgIpc) is 3.06. The molecule has 2 aliphatic heterocycles. The number of nitrogens with zero attached hydrogens (tertiary/aromatic N) is 3. The Morgan fingerprint density at radius 3 is 2.47 bits per heavy atom. The van der Waals surface area contributed by atoms with Gasteiger partial charge in [-0.25, -0.2) is 13.2 Å². The van der Waals surface area contributed by atoms with E-state index in [0.29, 0.717) is 38.3 Å². The maximum atomic E-state index is 14.1. The van der Waals surface area contributed by atoms with E-state index in [-0.39, 0.29) is 35.6 Å². The van der Waals surface area contributed by atoms with Crippen molar-refractivity contribution in [3.63, 3.8) is 0 Å². The van der Waals surface area contributed by atoms with E-state index in [1.807, 2.05) is 13.1 Å². The Kier molecular flexibility index (Phi) is 6.94. The Balaban J connectivity index is 1.54. The van der Waals surface area contributed by atoms with Crippen molar-refractivity contribution in [2.75, 3.05) is 33.2 Å². The molecule has 0 spiro atoms. The summed E-state index contributed by atoms with van der Waals surface area (Å²) in [5, 5.41) is 2.34. The minimum absolute atomic E-state index is 0.0159. The first-order valence-corrected chi connectivity index (χ1v) is 12.1. The molecule has 2 bridgehead atoms. The number of carbonyl (C=O) groups excluding carboxylic acids is 2. The van der Waals surface area contributed by atoms with E-state index in [9.17, 15) is 27.6 Å². The second-order valence-corrected chi connectivity index (χ2v) is 9.43. The molecule has 2 aliphatic rings. The second-order valence-electron chi connectivity index (χ2n) is 9.43. The number of amides is 2. The van der Waals surface area contributed by atoms with Gasteiger partial charge in [-0.3, -0.25) is 14.4 Å². The fourth-order valence-corrected chi connectivity index (χ4v) is 4.79. The third kappa shape index (κ3) is 4.89. The maximum Gasteiger partial charge on any atom is 0.274 e. The number of pyridine rings is 1. The Morgan fingerprint density at radius 1 is 1.05 bits per heavy atom. The molecule has 0 saturated carbocycles. The molecule has 2 aromatic carbocycles. The number of hydrogen-bond donors (Lipinski definition) is 1. The molecule has 38 heavy (non-hydrogen) atoms. The predicted molar refractivity (Wildman–Crippen MR) is 131 cm³/mol. The summed E-state index contributed by atoms with van der Waals surface area (Å²) in [5.41, 5.74) is -0.887. The van der Waals surface area contributed by atoms with Gasteiger partial charge in [-0.1, -0.05) is 30.3 Å². The number of ether oxygens (including phenoxy) is 1. The zero-order chi connectivity index (χ0) is 27.0. The highest BCUT2D eigenvalue weighted by molar-refractivity contribution is 5.99. The first-order chi connectivity index (χ1) is 18.2. The molecule has 0 radical (unpaired) electrons. The van der Waals surface area contributed by atoms with Gasteiger partial charge in [0, 0.05) is 56.6 Å². The normalized spacial score (nSPS) is 17.1. The van der Waals surface area contributed by atoms with Gasteiger partial charge < -0.3 is 24.4 Å². The van der Waals surface area contributed by atoms with Gasteiger partial charge in [0.2, 0.25) is 5.43 Å². The van der Waals surface area contributed by atoms with E-state index in [0.717, 1.165) is 5.56 Å². The van der Waals surface area contributed by atoms with Crippen LogP contribution < -0.4 is 15.5 Å². The lowest BCUT2D eigenvalue weighted by Gasteiger charge is -2.35. The summed E-state index contributed by atoms with van der Waals surface area (Å²) < 4.78 is 48.9. The molecular weight excluding hydrogens is 501 g/mol. The molecule has 8 nitrogen and oxygen atoms in total. The number of halogens is 3. The first-order valence-electron chi connectivity index (χ1n) is 12.1. The minimum Gasteiger partial charge on any atom is -0.483 e. The van der Waals surface area contributed by atoms with Crippen molar-refractivity contribution < 1.29 is 27.5 Å². The molecule has 1 unspecified atom stereocenters. The second kappa shape index (κ2) is 10.3. The minimum atomic E-state index is -1.16. The summed E-state index contributed by atoms with van der Waals surface area (Å²) in [5.74, 6) is -4.96. The van der Waals surface area contributed by atoms with Crippen molar-refractivity contribution in [2.45, 2.75) is 19.2 Å². The molecule has 1 atom stereocenters. The van der Waals surface area contributed by atoms with Crippen molar-refractivity contribution in [3.8, 4) is 5.75 Å². The fourth-order valence-electron chi connectivity index (χ4n) is 4.79. The molecular formula is C27H25F3N4O4. The van der Waals surface area contributed by atoms with Gasteiger partial charge in [0.1, 0.15) is 29.6 Å². The molecule has 3 aromatic rings. The van der Waals surface area contributed by atoms with Crippen LogP contribution in [0.4, 0.5) is 13.2 Å². The molecule has 198 valence electrons. The largest absolute Gasteiger partial charge is 0.483 e. The van der Waals surface area contributed by atoms with Crippen LogP contribution in [-0.2, 0) is 13.2 Å². The standard InChI is InChI=1S/C27H25F3N4O4/c1-32-7-8-33-13-18(12-32)34-14-20(26(36)31-11-19-21(29)9-17(28)10-22(19)30)24(35)25(23(34)27(33)37)38-15-16-5-3-2-4-6-16/h2-6,9-10,14,18H,7-8,11-13,15H2,1H3,(H,31,36). The molecule has 1 aromatic heterocycles. The van der Waals surface area contributed by atoms with E-state index in [2.05, 4.69) is 10.2 Å². The van der Waals surface area contributed by atoms with Crippen LogP contribution in [0.5, 0.6) is 5.75 Å². The summed E-state index contributed by atoms with van der Waals surface area (Å²) in [4.78, 5) is 43.8. The van der Waals surface area contributed by atoms with Gasteiger partial charge in [0.05, 0.1) is 6.04 Å². The number of carbonyl (C=O) groups is 2. The highest BCUT2D eigenvalue weighted by Crippen LogP contribution is 2.29. The molecule has 1 saturated heterocycles. The van der Waals surface area contributed by atoms with Crippen LogP contribution in [0.2, 0.25) is 0 Å². The van der Waals surface area contributed by atoms with Crippen LogP contribution in [0.25, 0.3) is 0 Å². The zero-order valence-corrected chi connectivity index (χ0v) is 20.5. The van der Waals surface area contributed by atoms with Crippen LogP contribution in [0.3, 0.4) is 0 Å². The molecule has 1 fully saturated rings. The van der Waals surface area contributed by atoms with E-state index in [1.54, 1.807) is 33.7 Å². The van der Waals surface area contributed by atoms with Crippen LogP contribution >= 0.6 is 0 Å². The lowest BCUT2D eigenvalue weighted by molar-refractivity contribution is 0.0682. The highest BCUT2D eigenvalue weighted by Gasteiger charge is 2.38. The number of likely N-dealkylation sites (N-methyl/N-ethyl adjacent to an activating group) is 1. The quantitative estimate of drug-likeness (QED) is 0.534. The summed E-state index contributed by atoms with van der Waals surface area (Å²) in [6.07, 6.45) is 1.30. The van der Waals surface area contributed by atoms with E-state index >= 15 is 0 Å². The number of aromatic nitrogens is 1. The fraction of sp³-hybridized carbons (Fsp3) is 0.296. The average molecular weight is 527 g/mol. The summed E-state index contributed by atoms with van der Waals surface area (Å²) >= 11 is 0. The third-order valence-electron chi connectivity index (χ3n) is 6.78. The van der Waals surface area contributed by atoms with Crippen molar-refractivity contribution in [1.82, 2.24) is 19.7 Å². The Morgan fingerprint density at radius 2 is 1.76 bits per heavy atom. The van der Waals surface area contributed by atoms with Gasteiger partial charge in [0.25, 0.3) is 11.8 Å². The van der Waals surface area contributed by atoms with Crippen LogP contribution in [-0.4, -0.2) is 59.4 Å². The van der Waals surface area contributed by atoms with Crippen molar-refractivity contribution in [2.24, 2.45) is 0 Å². The molecule has 5 rings (SSSR count). The molecule has 0 aliphatic carbocycles. The van der Waals surface area contributed by atoms with Crippen molar-refractivity contribution >= 4 is 11.8 Å². The van der Waals surface area contributed by atoms with E-state index in [4.69, 9.17) is 4.74 Å². The van der Waals surface area contributed by atoms with E-state index < -0.39 is 40.9 Å². The number of nitrogens with one attached hydrogen (secondary N) is 1. The van der Waals surface area contributed by atoms with Gasteiger partial charge in [-0.05, 0) is 12.6 Å². The van der Waals surface area contributed by atoms with Gasteiger partial charge in [-0.15, -0.1) is 0 Å². The SMILES string of the molecule is CN1CCN2CC(C1)n1cc(C(=O)NCc3c(F)cc(F)cc3F)c(=O)c(OCc3ccccc3)c1C2=O. The molecule has 1 N–H and O–H groups in total. The zero-order valence-electron chi connectivity index (χ0n) is 20.5. The Hall–Kier alpha value is -4.12. The number of benzene rings is 2. The van der Waals surface area contributed by atoms with Gasteiger partial charge in [-0.2, -0.15) is 0 Å². The summed E-state index contributed by atoms with van der Waals surface area (Å²) in [6, 6.07) is 9.80. The predicted octanol–water partition coefficient (Wildman–Crippen LogP) is 2.72. The number of rotatable bonds is 6. The Bertz CT molecular complexity index is 1440. The van der Waals surface area contributed by atoms with Crippen LogP contribution in [0.15, 0.2) is 53.5 Å². The highest BCUT2D eigenvalue weighted by atomic mass is 19.1. The van der Waals surface area contributed by atoms with Crippen molar-refractivity contribution in [1.29, 1.82) is 0 Å². The summed E-state index contributed by atoms with van der Waals surface area (Å²) in [6.45, 7) is 1.45. The van der Waals surface area contributed by atoms with Crippen LogP contribution in [0, 0.1) is 17.5 Å². The monoisotopic (exact) mass is 526 g/mol. The lowest BCUT2D eigenvalue weighted by atomic mass is 10.1. The van der Waals surface area contributed by atoms with Gasteiger partial charge >= 0.3 is 0 Å². The number of hydrogen-bond acceptors (Lipinski definition) is 5. The van der Waals surface area contributed by atoms with Crippen molar-refractivity contribution in [3.05, 3.63) is 98.7 Å². The maximum absolute atomic E-state index is 14.1. The molecule has 11 heteroatoms. The third-order valence-corrected chi connectivity index (χ3v) is 6.78. The molecule has 3 heterocycles. The van der Waals surface area contributed by atoms with E-state index in [1.165, 1.54) is 6.20 Å². The number of fused-ring (bicyclic) bond motifs is 4. The topological polar surface area (TPSA) is 83.9 Å². The molecule has 2 amide bonds. The Labute approximate surface area is 216 Å². The first kappa shape index (κ1) is 25.5. The van der Waals surface area contributed by atoms with Crippen LogP contribution in [0.1, 0.15) is 38.0 Å². The smallest absolute Gasteiger partial charge is 0.274 e.